The van der Waals surface area contributed by atoms with Gasteiger partial charge in [-0.15, -0.1) is 10.2 Å². The Labute approximate surface area is 196 Å². The standard InChI is InChI=1S/C23H28N6O3S/c1-14(21(31)26-17-9-5-15(6-10-17)20(24)30)33-22-28-27-19(29(22)25)13-32-18-11-7-16(8-12-18)23(2,3)4/h5-12,14H,13,25H2,1-4H3,(H2,24,30)(H,26,31)/t14-/m1/s1. The number of rotatable bonds is 8. The normalized spacial score (nSPS) is 12.2. The van der Waals surface area contributed by atoms with Crippen molar-refractivity contribution in [2.45, 2.75) is 50.1 Å². The van der Waals surface area contributed by atoms with Gasteiger partial charge < -0.3 is 21.6 Å². The Balaban J connectivity index is 1.56. The summed E-state index contributed by atoms with van der Waals surface area (Å²) < 4.78 is 7.11. The third-order valence-corrected chi connectivity index (χ3v) is 5.97. The number of hydrogen-bond acceptors (Lipinski definition) is 7. The highest BCUT2D eigenvalue weighted by Gasteiger charge is 2.20. The molecule has 0 aliphatic rings. The molecule has 0 bridgehead atoms. The summed E-state index contributed by atoms with van der Waals surface area (Å²) in [5.74, 6) is 6.48. The predicted molar refractivity (Wildman–Crippen MR) is 129 cm³/mol. The smallest absolute Gasteiger partial charge is 0.248 e. The number of nitrogen functional groups attached to an aromatic ring is 1. The first-order valence-corrected chi connectivity index (χ1v) is 11.2. The van der Waals surface area contributed by atoms with E-state index < -0.39 is 11.2 Å². The average Bonchev–Trinajstić information content (AvgIpc) is 3.11. The molecule has 0 aliphatic carbocycles. The average molecular weight is 469 g/mol. The molecule has 0 unspecified atom stereocenters. The summed E-state index contributed by atoms with van der Waals surface area (Å²) in [5, 5.41) is 10.8. The third-order valence-electron chi connectivity index (χ3n) is 4.91. The number of amides is 2. The molecule has 1 aromatic heterocycles. The maximum atomic E-state index is 12.5. The van der Waals surface area contributed by atoms with Gasteiger partial charge in [0, 0.05) is 11.3 Å². The number of carbonyl (C=O) groups is 2. The Hall–Kier alpha value is -3.53. The SMILES string of the molecule is C[C@@H](Sc1nnc(COc2ccc(C(C)(C)C)cc2)n1N)C(=O)Nc1ccc(C(N)=O)cc1. The molecule has 3 rings (SSSR count). The molecular weight excluding hydrogens is 440 g/mol. The molecule has 0 spiro atoms. The van der Waals surface area contributed by atoms with Crippen LogP contribution in [0.1, 0.15) is 49.4 Å². The summed E-state index contributed by atoms with van der Waals surface area (Å²) in [6.45, 7) is 8.34. The Morgan fingerprint density at radius 3 is 2.30 bits per heavy atom. The molecule has 0 saturated carbocycles. The summed E-state index contributed by atoms with van der Waals surface area (Å²) in [4.78, 5) is 23.7. The fourth-order valence-electron chi connectivity index (χ4n) is 2.86. The Kier molecular flexibility index (Phi) is 7.27. The second-order valence-corrected chi connectivity index (χ2v) is 9.83. The second-order valence-electron chi connectivity index (χ2n) is 8.52. The van der Waals surface area contributed by atoms with E-state index in [1.807, 2.05) is 24.3 Å². The van der Waals surface area contributed by atoms with Gasteiger partial charge in [0.25, 0.3) is 0 Å². The first-order chi connectivity index (χ1) is 15.5. The second kappa shape index (κ2) is 9.95. The zero-order valence-electron chi connectivity index (χ0n) is 19.0. The zero-order chi connectivity index (χ0) is 24.2. The number of nitrogens with zero attached hydrogens (tertiary/aromatic N) is 3. The van der Waals surface area contributed by atoms with Gasteiger partial charge >= 0.3 is 0 Å². The van der Waals surface area contributed by atoms with E-state index >= 15 is 0 Å². The van der Waals surface area contributed by atoms with Crippen molar-refractivity contribution in [2.24, 2.45) is 5.73 Å². The quantitative estimate of drug-likeness (QED) is 0.341. The van der Waals surface area contributed by atoms with Crippen LogP contribution in [-0.4, -0.2) is 31.9 Å². The predicted octanol–water partition coefficient (Wildman–Crippen LogP) is 3.09. The van der Waals surface area contributed by atoms with Gasteiger partial charge in [0.2, 0.25) is 17.0 Å². The van der Waals surface area contributed by atoms with Crippen LogP contribution < -0.4 is 21.6 Å². The number of anilines is 1. The van der Waals surface area contributed by atoms with Gasteiger partial charge in [0.1, 0.15) is 12.4 Å². The van der Waals surface area contributed by atoms with E-state index in [9.17, 15) is 9.59 Å². The molecule has 0 aliphatic heterocycles. The van der Waals surface area contributed by atoms with Gasteiger partial charge in [-0.3, -0.25) is 9.59 Å². The molecule has 174 valence electrons. The number of hydrogen-bond donors (Lipinski definition) is 3. The highest BCUT2D eigenvalue weighted by Crippen LogP contribution is 2.25. The molecule has 1 heterocycles. The fraction of sp³-hybridized carbons (Fsp3) is 0.304. The van der Waals surface area contributed by atoms with Crippen LogP contribution in [0.15, 0.2) is 53.7 Å². The fourth-order valence-corrected chi connectivity index (χ4v) is 3.65. The molecule has 1 atom stereocenters. The Morgan fingerprint density at radius 1 is 1.09 bits per heavy atom. The first-order valence-electron chi connectivity index (χ1n) is 10.3. The summed E-state index contributed by atoms with van der Waals surface area (Å²) in [6, 6.07) is 14.2. The van der Waals surface area contributed by atoms with Crippen LogP contribution in [0.5, 0.6) is 5.75 Å². The zero-order valence-corrected chi connectivity index (χ0v) is 19.8. The molecule has 0 fully saturated rings. The van der Waals surface area contributed by atoms with Crippen molar-refractivity contribution in [1.29, 1.82) is 0 Å². The highest BCUT2D eigenvalue weighted by molar-refractivity contribution is 8.00. The number of nitrogens with one attached hydrogen (secondary N) is 1. The molecule has 2 amide bonds. The van der Waals surface area contributed by atoms with Crippen LogP contribution in [0, 0.1) is 0 Å². The van der Waals surface area contributed by atoms with E-state index in [4.69, 9.17) is 16.3 Å². The van der Waals surface area contributed by atoms with Crippen molar-refractivity contribution >= 4 is 29.3 Å². The van der Waals surface area contributed by atoms with Crippen molar-refractivity contribution < 1.29 is 14.3 Å². The molecule has 33 heavy (non-hydrogen) atoms. The van der Waals surface area contributed by atoms with Crippen LogP contribution in [-0.2, 0) is 16.8 Å². The van der Waals surface area contributed by atoms with Crippen LogP contribution in [0.2, 0.25) is 0 Å². The lowest BCUT2D eigenvalue weighted by Crippen LogP contribution is -2.24. The van der Waals surface area contributed by atoms with Gasteiger partial charge in [-0.05, 0) is 54.3 Å². The van der Waals surface area contributed by atoms with Crippen molar-refractivity contribution in [2.75, 3.05) is 11.2 Å². The van der Waals surface area contributed by atoms with Crippen molar-refractivity contribution in [3.8, 4) is 5.75 Å². The minimum Gasteiger partial charge on any atom is -0.486 e. The number of benzene rings is 2. The highest BCUT2D eigenvalue weighted by atomic mass is 32.2. The molecule has 2 aromatic carbocycles. The van der Waals surface area contributed by atoms with Crippen LogP contribution in [0.25, 0.3) is 0 Å². The number of thioether (sulfide) groups is 1. The van der Waals surface area contributed by atoms with E-state index in [0.29, 0.717) is 28.0 Å². The summed E-state index contributed by atoms with van der Waals surface area (Å²) in [5.41, 5.74) is 7.43. The van der Waals surface area contributed by atoms with Crippen molar-refractivity contribution in [3.05, 3.63) is 65.5 Å². The van der Waals surface area contributed by atoms with Crippen molar-refractivity contribution in [3.63, 3.8) is 0 Å². The lowest BCUT2D eigenvalue weighted by Gasteiger charge is -2.19. The maximum absolute atomic E-state index is 12.5. The van der Waals surface area contributed by atoms with Gasteiger partial charge in [0.15, 0.2) is 5.82 Å². The van der Waals surface area contributed by atoms with Gasteiger partial charge in [-0.1, -0.05) is 44.7 Å². The Morgan fingerprint density at radius 2 is 1.73 bits per heavy atom. The molecule has 10 heteroatoms. The molecule has 9 nitrogen and oxygen atoms in total. The van der Waals surface area contributed by atoms with E-state index in [-0.39, 0.29) is 17.9 Å². The summed E-state index contributed by atoms with van der Waals surface area (Å²) >= 11 is 1.18. The minimum atomic E-state index is -0.527. The van der Waals surface area contributed by atoms with Crippen molar-refractivity contribution in [1.82, 2.24) is 14.9 Å². The summed E-state index contributed by atoms with van der Waals surface area (Å²) in [7, 11) is 0. The van der Waals surface area contributed by atoms with Crippen LogP contribution in [0.3, 0.4) is 0 Å². The lowest BCUT2D eigenvalue weighted by atomic mass is 9.87. The molecule has 0 radical (unpaired) electrons. The Bertz CT molecular complexity index is 1120. The van der Waals surface area contributed by atoms with Crippen LogP contribution in [0.4, 0.5) is 5.69 Å². The van der Waals surface area contributed by atoms with E-state index in [0.717, 1.165) is 0 Å². The lowest BCUT2D eigenvalue weighted by molar-refractivity contribution is -0.115. The summed E-state index contributed by atoms with van der Waals surface area (Å²) in [6.07, 6.45) is 0. The number of aromatic nitrogens is 3. The molecule has 5 N–H and O–H groups in total. The van der Waals surface area contributed by atoms with E-state index in [1.54, 1.807) is 31.2 Å². The van der Waals surface area contributed by atoms with Gasteiger partial charge in [-0.25, -0.2) is 4.68 Å². The first kappa shape index (κ1) is 24.1. The minimum absolute atomic E-state index is 0.0675. The number of nitrogens with two attached hydrogens (primary N) is 2. The van der Waals surface area contributed by atoms with Gasteiger partial charge in [-0.2, -0.15) is 0 Å². The van der Waals surface area contributed by atoms with E-state index in [1.165, 1.54) is 22.0 Å². The number of carbonyl (C=O) groups excluding carboxylic acids is 2. The maximum Gasteiger partial charge on any atom is 0.248 e. The van der Waals surface area contributed by atoms with Crippen LogP contribution >= 0.6 is 11.8 Å². The molecule has 0 saturated heterocycles. The topological polar surface area (TPSA) is 138 Å². The third kappa shape index (κ3) is 6.26. The molecule has 3 aromatic rings. The number of primary amides is 1. The largest absolute Gasteiger partial charge is 0.486 e. The monoisotopic (exact) mass is 468 g/mol. The van der Waals surface area contributed by atoms with E-state index in [2.05, 4.69) is 36.3 Å². The molecular formula is C23H28N6O3S. The van der Waals surface area contributed by atoms with Gasteiger partial charge in [0.05, 0.1) is 5.25 Å². The number of ether oxygens (including phenoxy) is 1.